The minimum atomic E-state index is -0.0447. The largest absolute Gasteiger partial charge is 0.383 e. The van der Waals surface area contributed by atoms with E-state index in [2.05, 4.69) is 23.7 Å². The molecule has 1 amide bonds. The number of nitrogens with one attached hydrogen (secondary N) is 1. The molecule has 18 heavy (non-hydrogen) atoms. The summed E-state index contributed by atoms with van der Waals surface area (Å²) in [6, 6.07) is 2.03. The molecule has 0 aliphatic carbocycles. The van der Waals surface area contributed by atoms with Crippen LogP contribution in [0.1, 0.15) is 31.5 Å². The molecule has 1 aliphatic heterocycles. The Kier molecular flexibility index (Phi) is 4.74. The summed E-state index contributed by atoms with van der Waals surface area (Å²) < 4.78 is 5.09. The van der Waals surface area contributed by atoms with E-state index in [-0.39, 0.29) is 18.1 Å². The van der Waals surface area contributed by atoms with Gasteiger partial charge in [0.2, 0.25) is 5.91 Å². The third-order valence-corrected chi connectivity index (χ3v) is 3.93. The first-order chi connectivity index (χ1) is 8.77. The van der Waals surface area contributed by atoms with Crippen LogP contribution in [-0.4, -0.2) is 37.1 Å². The van der Waals surface area contributed by atoms with E-state index in [0.717, 1.165) is 12.8 Å². The summed E-state index contributed by atoms with van der Waals surface area (Å²) in [4.78, 5) is 14.2. The van der Waals surface area contributed by atoms with Gasteiger partial charge in [-0.15, -0.1) is 0 Å². The van der Waals surface area contributed by atoms with E-state index in [1.807, 2.05) is 10.3 Å². The normalized spacial score (nSPS) is 23.9. The molecule has 0 radical (unpaired) electrons. The summed E-state index contributed by atoms with van der Waals surface area (Å²) in [5, 5.41) is 7.57. The van der Waals surface area contributed by atoms with Gasteiger partial charge in [0.05, 0.1) is 12.6 Å². The third-order valence-electron chi connectivity index (χ3n) is 3.22. The first-order valence-electron chi connectivity index (χ1n) is 6.35. The number of rotatable bonds is 6. The quantitative estimate of drug-likeness (QED) is 0.858. The molecule has 0 spiro atoms. The van der Waals surface area contributed by atoms with Crippen molar-refractivity contribution in [2.24, 2.45) is 0 Å². The number of carbonyl (C=O) groups excluding carboxylic acids is 1. The van der Waals surface area contributed by atoms with Crippen LogP contribution in [0.15, 0.2) is 16.8 Å². The van der Waals surface area contributed by atoms with Crippen LogP contribution in [0.5, 0.6) is 0 Å². The highest BCUT2D eigenvalue weighted by atomic mass is 32.1. The van der Waals surface area contributed by atoms with Gasteiger partial charge < -0.3 is 9.64 Å². The zero-order valence-corrected chi connectivity index (χ0v) is 11.7. The van der Waals surface area contributed by atoms with Gasteiger partial charge in [0, 0.05) is 13.7 Å². The minimum Gasteiger partial charge on any atom is -0.383 e. The van der Waals surface area contributed by atoms with Gasteiger partial charge in [-0.2, -0.15) is 11.3 Å². The van der Waals surface area contributed by atoms with Gasteiger partial charge in [-0.05, 0) is 28.8 Å². The van der Waals surface area contributed by atoms with Crippen molar-refractivity contribution in [2.45, 2.75) is 32.0 Å². The predicted molar refractivity (Wildman–Crippen MR) is 72.5 cm³/mol. The van der Waals surface area contributed by atoms with Crippen LogP contribution >= 0.6 is 11.3 Å². The molecule has 1 aromatic rings. The van der Waals surface area contributed by atoms with E-state index >= 15 is 0 Å². The van der Waals surface area contributed by atoms with Crippen molar-refractivity contribution in [1.82, 2.24) is 10.2 Å². The molecule has 1 saturated heterocycles. The van der Waals surface area contributed by atoms with Crippen molar-refractivity contribution in [3.05, 3.63) is 22.4 Å². The fourth-order valence-electron chi connectivity index (χ4n) is 2.31. The molecule has 2 rings (SSSR count). The number of carbonyl (C=O) groups is 1. The predicted octanol–water partition coefficient (Wildman–Crippen LogP) is 1.99. The summed E-state index contributed by atoms with van der Waals surface area (Å²) >= 11 is 1.66. The van der Waals surface area contributed by atoms with Gasteiger partial charge in [0.15, 0.2) is 0 Å². The number of ether oxygens (including phenoxy) is 1. The molecule has 2 atom stereocenters. The lowest BCUT2D eigenvalue weighted by atomic mass is 10.2. The molecule has 0 aromatic carbocycles. The molecule has 1 N–H and O–H groups in total. The number of amides is 1. The number of thiophene rings is 1. The van der Waals surface area contributed by atoms with Gasteiger partial charge in [-0.1, -0.05) is 13.3 Å². The van der Waals surface area contributed by atoms with Gasteiger partial charge in [0.25, 0.3) is 0 Å². The maximum Gasteiger partial charge on any atom is 0.241 e. The van der Waals surface area contributed by atoms with Crippen LogP contribution in [0.2, 0.25) is 0 Å². The van der Waals surface area contributed by atoms with Crippen LogP contribution in [0.3, 0.4) is 0 Å². The SMILES string of the molecule is CCCC1NC(c2ccsc2)N(CCOC)C1=O. The van der Waals surface area contributed by atoms with Crippen LogP contribution in [0.4, 0.5) is 0 Å². The Labute approximate surface area is 112 Å². The monoisotopic (exact) mass is 268 g/mol. The summed E-state index contributed by atoms with van der Waals surface area (Å²) in [5.41, 5.74) is 1.17. The Morgan fingerprint density at radius 1 is 1.56 bits per heavy atom. The lowest BCUT2D eigenvalue weighted by Crippen LogP contribution is -2.33. The molecule has 0 bridgehead atoms. The summed E-state index contributed by atoms with van der Waals surface area (Å²) in [6.45, 7) is 3.32. The number of nitrogens with zero attached hydrogens (tertiary/aromatic N) is 1. The van der Waals surface area contributed by atoms with Crippen LogP contribution in [0.25, 0.3) is 0 Å². The van der Waals surface area contributed by atoms with Gasteiger partial charge in [-0.3, -0.25) is 10.1 Å². The van der Waals surface area contributed by atoms with E-state index < -0.39 is 0 Å². The molecular formula is C13H20N2O2S. The number of hydrogen-bond acceptors (Lipinski definition) is 4. The first-order valence-corrected chi connectivity index (χ1v) is 7.29. The Morgan fingerprint density at radius 3 is 3.00 bits per heavy atom. The van der Waals surface area contributed by atoms with Crippen molar-refractivity contribution in [3.63, 3.8) is 0 Å². The molecule has 2 heterocycles. The zero-order chi connectivity index (χ0) is 13.0. The topological polar surface area (TPSA) is 41.6 Å². The van der Waals surface area contributed by atoms with Crippen molar-refractivity contribution in [1.29, 1.82) is 0 Å². The van der Waals surface area contributed by atoms with Crippen molar-refractivity contribution < 1.29 is 9.53 Å². The lowest BCUT2D eigenvalue weighted by Gasteiger charge is -2.23. The van der Waals surface area contributed by atoms with Gasteiger partial charge in [0.1, 0.15) is 6.17 Å². The van der Waals surface area contributed by atoms with E-state index in [9.17, 15) is 4.79 Å². The maximum absolute atomic E-state index is 12.3. The average Bonchev–Trinajstić information content (AvgIpc) is 2.97. The van der Waals surface area contributed by atoms with E-state index in [0.29, 0.717) is 13.2 Å². The minimum absolute atomic E-state index is 0.00968. The van der Waals surface area contributed by atoms with Crippen molar-refractivity contribution >= 4 is 17.2 Å². The number of hydrogen-bond donors (Lipinski definition) is 1. The van der Waals surface area contributed by atoms with Crippen LogP contribution < -0.4 is 5.32 Å². The summed E-state index contributed by atoms with van der Waals surface area (Å²) in [6.07, 6.45) is 1.91. The van der Waals surface area contributed by atoms with E-state index in [4.69, 9.17) is 4.74 Å². The van der Waals surface area contributed by atoms with E-state index in [1.54, 1.807) is 18.4 Å². The van der Waals surface area contributed by atoms with Crippen molar-refractivity contribution in [3.8, 4) is 0 Å². The Morgan fingerprint density at radius 2 is 2.39 bits per heavy atom. The molecule has 1 aromatic heterocycles. The zero-order valence-electron chi connectivity index (χ0n) is 10.9. The van der Waals surface area contributed by atoms with Gasteiger partial charge in [-0.25, -0.2) is 0 Å². The third kappa shape index (κ3) is 2.74. The highest BCUT2D eigenvalue weighted by Crippen LogP contribution is 2.28. The fourth-order valence-corrected chi connectivity index (χ4v) is 2.99. The molecule has 0 saturated carbocycles. The fraction of sp³-hybridized carbons (Fsp3) is 0.615. The Bertz CT molecular complexity index is 380. The maximum atomic E-state index is 12.3. The first kappa shape index (κ1) is 13.5. The molecule has 1 aliphatic rings. The second-order valence-electron chi connectivity index (χ2n) is 4.49. The Hall–Kier alpha value is -0.910. The van der Waals surface area contributed by atoms with Crippen LogP contribution in [-0.2, 0) is 9.53 Å². The second-order valence-corrected chi connectivity index (χ2v) is 5.27. The second kappa shape index (κ2) is 6.31. The molecule has 2 unspecified atom stereocenters. The molecule has 4 nitrogen and oxygen atoms in total. The molecule has 100 valence electrons. The molecule has 1 fully saturated rings. The summed E-state index contributed by atoms with van der Waals surface area (Å²) in [5.74, 6) is 0.199. The molecular weight excluding hydrogens is 248 g/mol. The Balaban J connectivity index is 2.12. The number of methoxy groups -OCH3 is 1. The van der Waals surface area contributed by atoms with Crippen LogP contribution in [0, 0.1) is 0 Å². The highest BCUT2D eigenvalue weighted by molar-refractivity contribution is 7.07. The highest BCUT2D eigenvalue weighted by Gasteiger charge is 2.38. The molecule has 5 heteroatoms. The van der Waals surface area contributed by atoms with Gasteiger partial charge >= 0.3 is 0 Å². The smallest absolute Gasteiger partial charge is 0.241 e. The lowest BCUT2D eigenvalue weighted by molar-refractivity contribution is -0.130. The summed E-state index contributed by atoms with van der Waals surface area (Å²) in [7, 11) is 1.66. The van der Waals surface area contributed by atoms with E-state index in [1.165, 1.54) is 5.56 Å². The standard InChI is InChI=1S/C13H20N2O2S/c1-3-4-11-13(16)15(6-7-17-2)12(14-11)10-5-8-18-9-10/h5,8-9,11-12,14H,3-4,6-7H2,1-2H3. The van der Waals surface area contributed by atoms with Crippen molar-refractivity contribution in [2.75, 3.05) is 20.3 Å². The average molecular weight is 268 g/mol.